The van der Waals surface area contributed by atoms with Crippen LogP contribution in [0.15, 0.2) is 85.1 Å². The molecule has 1 saturated heterocycles. The highest BCUT2D eigenvalue weighted by atomic mass is 16.2. The molecule has 2 aromatic heterocycles. The molecule has 3 heterocycles. The molecule has 1 fully saturated rings. The molecule has 9 nitrogen and oxygen atoms in total. The third-order valence-electron chi connectivity index (χ3n) is 5.75. The summed E-state index contributed by atoms with van der Waals surface area (Å²) < 4.78 is 0. The van der Waals surface area contributed by atoms with Crippen molar-refractivity contribution in [1.29, 1.82) is 0 Å². The lowest BCUT2D eigenvalue weighted by atomic mass is 10.1. The van der Waals surface area contributed by atoms with Gasteiger partial charge in [0.1, 0.15) is 23.3 Å². The third-order valence-corrected chi connectivity index (χ3v) is 5.75. The van der Waals surface area contributed by atoms with Gasteiger partial charge in [-0.3, -0.25) is 9.59 Å². The predicted molar refractivity (Wildman–Crippen MR) is 140 cm³/mol. The van der Waals surface area contributed by atoms with E-state index in [4.69, 9.17) is 0 Å². The number of benzene rings is 2. The number of aryl methyl sites for hydroxylation is 1. The lowest BCUT2D eigenvalue weighted by Gasteiger charge is -2.16. The van der Waals surface area contributed by atoms with Crippen LogP contribution < -0.4 is 20.9 Å². The van der Waals surface area contributed by atoms with E-state index in [2.05, 4.69) is 30.9 Å². The lowest BCUT2D eigenvalue weighted by molar-refractivity contribution is -0.122. The molecule has 5 rings (SSSR count). The Labute approximate surface area is 208 Å². The van der Waals surface area contributed by atoms with Crippen molar-refractivity contribution in [1.82, 2.24) is 15.0 Å². The maximum absolute atomic E-state index is 12.8. The van der Waals surface area contributed by atoms with Crippen LogP contribution in [0, 0.1) is 12.8 Å². The number of anilines is 6. The van der Waals surface area contributed by atoms with Crippen LogP contribution in [0.5, 0.6) is 0 Å². The minimum atomic E-state index is -0.399. The predicted octanol–water partition coefficient (Wildman–Crippen LogP) is 4.66. The molecule has 0 radical (unpaired) electrons. The Morgan fingerprint density at radius 2 is 1.56 bits per heavy atom. The van der Waals surface area contributed by atoms with Crippen molar-refractivity contribution in [3.8, 4) is 0 Å². The lowest BCUT2D eigenvalue weighted by Crippen LogP contribution is -2.28. The number of carbonyl (C=O) groups is 2. The first-order valence-electron chi connectivity index (χ1n) is 11.6. The number of amides is 2. The summed E-state index contributed by atoms with van der Waals surface area (Å²) in [5, 5.41) is 9.35. The van der Waals surface area contributed by atoms with E-state index in [9.17, 15) is 9.59 Å². The summed E-state index contributed by atoms with van der Waals surface area (Å²) in [7, 11) is 0. The number of aromatic nitrogens is 3. The Balaban J connectivity index is 1.20. The van der Waals surface area contributed by atoms with Crippen molar-refractivity contribution in [2.45, 2.75) is 13.3 Å². The van der Waals surface area contributed by atoms with Crippen molar-refractivity contribution in [3.63, 3.8) is 0 Å². The van der Waals surface area contributed by atoms with Gasteiger partial charge in [-0.05, 0) is 55.5 Å². The first-order chi connectivity index (χ1) is 17.5. The Morgan fingerprint density at radius 3 is 2.28 bits per heavy atom. The highest BCUT2D eigenvalue weighted by Gasteiger charge is 2.35. The van der Waals surface area contributed by atoms with Crippen LogP contribution in [0.4, 0.5) is 34.5 Å². The van der Waals surface area contributed by atoms with E-state index in [1.807, 2.05) is 79.7 Å². The molecular formula is C27H25N7O2. The van der Waals surface area contributed by atoms with E-state index < -0.39 is 5.92 Å². The zero-order valence-electron chi connectivity index (χ0n) is 19.7. The molecule has 4 aromatic rings. The van der Waals surface area contributed by atoms with E-state index in [0.717, 1.165) is 11.4 Å². The Kier molecular flexibility index (Phi) is 6.53. The summed E-state index contributed by atoms with van der Waals surface area (Å²) in [6.45, 7) is 2.19. The number of nitrogens with one attached hydrogen (secondary N) is 3. The highest BCUT2D eigenvalue weighted by molar-refractivity contribution is 6.03. The molecule has 1 unspecified atom stereocenters. The summed E-state index contributed by atoms with van der Waals surface area (Å²) in [6.07, 6.45) is 1.90. The second-order valence-corrected chi connectivity index (χ2v) is 8.46. The average Bonchev–Trinajstić information content (AvgIpc) is 3.28. The molecule has 1 aliphatic rings. The summed E-state index contributed by atoms with van der Waals surface area (Å²) in [6, 6.07) is 24.2. The van der Waals surface area contributed by atoms with Crippen LogP contribution in [0.1, 0.15) is 12.2 Å². The molecule has 0 aliphatic carbocycles. The summed E-state index contributed by atoms with van der Waals surface area (Å²) in [4.78, 5) is 40.0. The van der Waals surface area contributed by atoms with E-state index in [-0.39, 0.29) is 18.2 Å². The number of nitrogens with zero attached hydrogens (tertiary/aromatic N) is 4. The Morgan fingerprint density at radius 1 is 0.861 bits per heavy atom. The number of rotatable bonds is 7. The van der Waals surface area contributed by atoms with Crippen LogP contribution in [-0.2, 0) is 9.59 Å². The molecule has 1 atom stereocenters. The van der Waals surface area contributed by atoms with E-state index in [0.29, 0.717) is 35.5 Å². The number of hydrogen-bond acceptors (Lipinski definition) is 7. The fourth-order valence-electron chi connectivity index (χ4n) is 4.03. The van der Waals surface area contributed by atoms with E-state index in [1.54, 1.807) is 17.2 Å². The molecule has 1 aliphatic heterocycles. The van der Waals surface area contributed by atoms with E-state index >= 15 is 0 Å². The largest absolute Gasteiger partial charge is 0.340 e. The quantitative estimate of drug-likeness (QED) is 0.353. The maximum atomic E-state index is 12.8. The highest BCUT2D eigenvalue weighted by Crippen LogP contribution is 2.26. The van der Waals surface area contributed by atoms with Gasteiger partial charge in [0, 0.05) is 42.3 Å². The second-order valence-electron chi connectivity index (χ2n) is 8.46. The van der Waals surface area contributed by atoms with Crippen LogP contribution in [0.2, 0.25) is 0 Å². The fraction of sp³-hybridized carbons (Fsp3) is 0.148. The first-order valence-corrected chi connectivity index (χ1v) is 11.6. The smallest absolute Gasteiger partial charge is 0.229 e. The van der Waals surface area contributed by atoms with Gasteiger partial charge in [-0.25, -0.2) is 15.0 Å². The summed E-state index contributed by atoms with van der Waals surface area (Å²) in [5.74, 6) is 1.95. The second kappa shape index (κ2) is 10.2. The van der Waals surface area contributed by atoms with E-state index in [1.165, 1.54) is 0 Å². The van der Waals surface area contributed by atoms with Gasteiger partial charge in [0.25, 0.3) is 0 Å². The van der Waals surface area contributed by atoms with Crippen molar-refractivity contribution < 1.29 is 9.59 Å². The Bertz CT molecular complexity index is 1360. The SMILES string of the molecule is Cc1nc(Nc2ccc(NC(=O)C3CC(=O)N(c4ccccc4)C3)cc2)cc(Nc2ccccn2)n1. The monoisotopic (exact) mass is 479 g/mol. The molecule has 36 heavy (non-hydrogen) atoms. The van der Waals surface area contributed by atoms with Gasteiger partial charge in [0.2, 0.25) is 11.8 Å². The number of carbonyl (C=O) groups excluding carboxylic acids is 2. The number of hydrogen-bond donors (Lipinski definition) is 3. The molecule has 2 amide bonds. The van der Waals surface area contributed by atoms with Crippen LogP contribution in [0.25, 0.3) is 0 Å². The number of para-hydroxylation sites is 1. The normalized spacial score (nSPS) is 15.0. The van der Waals surface area contributed by atoms with Gasteiger partial charge in [0.05, 0.1) is 5.92 Å². The maximum Gasteiger partial charge on any atom is 0.229 e. The molecule has 0 saturated carbocycles. The Hall–Kier alpha value is -4.79. The molecule has 2 aromatic carbocycles. The summed E-state index contributed by atoms with van der Waals surface area (Å²) >= 11 is 0. The molecule has 0 spiro atoms. The molecule has 3 N–H and O–H groups in total. The zero-order valence-corrected chi connectivity index (χ0v) is 19.7. The van der Waals surface area contributed by atoms with Gasteiger partial charge < -0.3 is 20.9 Å². The molecule has 180 valence electrons. The van der Waals surface area contributed by atoms with Gasteiger partial charge in [-0.15, -0.1) is 0 Å². The third kappa shape index (κ3) is 5.47. The van der Waals surface area contributed by atoms with Crippen LogP contribution >= 0.6 is 0 Å². The van der Waals surface area contributed by atoms with Gasteiger partial charge >= 0.3 is 0 Å². The molecular weight excluding hydrogens is 454 g/mol. The van der Waals surface area contributed by atoms with Crippen molar-refractivity contribution in [2.75, 3.05) is 27.4 Å². The first kappa shape index (κ1) is 23.0. The van der Waals surface area contributed by atoms with Gasteiger partial charge in [-0.2, -0.15) is 0 Å². The minimum Gasteiger partial charge on any atom is -0.340 e. The summed E-state index contributed by atoms with van der Waals surface area (Å²) in [5.41, 5.74) is 2.28. The van der Waals surface area contributed by atoms with Crippen molar-refractivity contribution in [2.24, 2.45) is 5.92 Å². The molecule has 9 heteroatoms. The standard InChI is InChI=1S/C27H25N7O2/c1-18-29-24(16-25(30-18)33-23-9-5-6-14-28-23)31-20-10-12-21(13-11-20)32-27(36)19-15-26(35)34(17-19)22-7-3-2-4-8-22/h2-14,16,19H,15,17H2,1H3,(H,32,36)(H2,28,29,30,31,33). The zero-order chi connectivity index (χ0) is 24.9. The van der Waals surface area contributed by atoms with Gasteiger partial charge in [-0.1, -0.05) is 24.3 Å². The average molecular weight is 480 g/mol. The minimum absolute atomic E-state index is 0.0436. The van der Waals surface area contributed by atoms with Crippen LogP contribution in [-0.4, -0.2) is 33.3 Å². The number of pyridine rings is 1. The topological polar surface area (TPSA) is 112 Å². The fourth-order valence-corrected chi connectivity index (χ4v) is 4.03. The molecule has 0 bridgehead atoms. The van der Waals surface area contributed by atoms with Crippen LogP contribution in [0.3, 0.4) is 0 Å². The van der Waals surface area contributed by atoms with Gasteiger partial charge in [0.15, 0.2) is 0 Å². The van der Waals surface area contributed by atoms with Crippen molar-refractivity contribution >= 4 is 46.3 Å². The van der Waals surface area contributed by atoms with Crippen molar-refractivity contribution in [3.05, 3.63) is 90.9 Å².